The first-order valence-electron chi connectivity index (χ1n) is 10.6. The molecule has 0 atom stereocenters. The monoisotopic (exact) mass is 556 g/mol. The molecule has 2 aromatic carbocycles. The lowest BCUT2D eigenvalue weighted by atomic mass is 10.2. The van der Waals surface area contributed by atoms with Crippen molar-refractivity contribution in [3.8, 4) is 0 Å². The lowest BCUT2D eigenvalue weighted by molar-refractivity contribution is 0.813. The van der Waals surface area contributed by atoms with E-state index in [0.29, 0.717) is 40.6 Å². The molecule has 0 saturated carbocycles. The Hall–Kier alpha value is -3.30. The molecule has 8 nitrogen and oxygen atoms in total. The van der Waals surface area contributed by atoms with Crippen LogP contribution in [0.15, 0.2) is 73.3 Å². The van der Waals surface area contributed by atoms with E-state index >= 15 is 0 Å². The van der Waals surface area contributed by atoms with E-state index in [0.717, 1.165) is 11.1 Å². The summed E-state index contributed by atoms with van der Waals surface area (Å²) in [4.78, 5) is 24.4. The molecule has 4 aromatic heterocycles. The maximum absolute atomic E-state index is 6.08. The standard InChI is InChI=1S/2C12H8Cl2N4/c13-10-9-11(17-12(14)16-10)15-7-18(9)6-8-4-2-1-3-5-8;13-10-9-11(17-12(14)16-10)18(7-15-9)6-8-4-2-1-3-5-8/h2*1-5,7H,6H2. The van der Waals surface area contributed by atoms with Crippen LogP contribution in [0.25, 0.3) is 22.3 Å². The summed E-state index contributed by atoms with van der Waals surface area (Å²) in [6, 6.07) is 20.1. The average molecular weight is 558 g/mol. The Kier molecular flexibility index (Phi) is 7.29. The fraction of sp³-hybridized carbons (Fsp3) is 0.0833. The van der Waals surface area contributed by atoms with Crippen molar-refractivity contribution in [2.24, 2.45) is 0 Å². The van der Waals surface area contributed by atoms with Gasteiger partial charge in [-0.3, -0.25) is 0 Å². The Labute approximate surface area is 225 Å². The zero-order valence-electron chi connectivity index (χ0n) is 18.4. The maximum atomic E-state index is 6.08. The van der Waals surface area contributed by atoms with Crippen LogP contribution in [0.4, 0.5) is 0 Å². The number of hydrogen-bond donors (Lipinski definition) is 0. The highest BCUT2D eigenvalue weighted by molar-refractivity contribution is 6.35. The Morgan fingerprint density at radius 2 is 1.14 bits per heavy atom. The zero-order valence-corrected chi connectivity index (χ0v) is 21.5. The van der Waals surface area contributed by atoms with Gasteiger partial charge in [0.05, 0.1) is 19.2 Å². The van der Waals surface area contributed by atoms with Crippen LogP contribution in [0.5, 0.6) is 0 Å². The summed E-state index contributed by atoms with van der Waals surface area (Å²) in [5.41, 5.74) is 4.73. The molecule has 0 N–H and O–H groups in total. The van der Waals surface area contributed by atoms with Crippen molar-refractivity contribution in [3.63, 3.8) is 0 Å². The number of aromatic nitrogens is 8. The highest BCUT2D eigenvalue weighted by atomic mass is 35.5. The molecule has 0 unspecified atom stereocenters. The Bertz CT molecular complexity index is 1630. The summed E-state index contributed by atoms with van der Waals surface area (Å²) < 4.78 is 3.80. The SMILES string of the molecule is Clc1nc(Cl)c2c(ncn2Cc2ccccc2)n1.Clc1nc(Cl)c2ncn(Cc3ccccc3)c2n1. The first-order chi connectivity index (χ1) is 17.5. The molecule has 0 spiro atoms. The van der Waals surface area contributed by atoms with Crippen molar-refractivity contribution in [1.82, 2.24) is 39.0 Å². The second-order valence-corrected chi connectivity index (χ2v) is 9.02. The van der Waals surface area contributed by atoms with E-state index in [1.807, 2.05) is 69.8 Å². The van der Waals surface area contributed by atoms with Crippen LogP contribution in [-0.2, 0) is 13.1 Å². The molecule has 0 aliphatic carbocycles. The predicted octanol–water partition coefficient (Wildman–Crippen LogP) is 6.36. The third-order valence-electron chi connectivity index (χ3n) is 5.19. The molecule has 0 aliphatic heterocycles. The molecule has 6 aromatic rings. The van der Waals surface area contributed by atoms with Gasteiger partial charge >= 0.3 is 0 Å². The minimum Gasteiger partial charge on any atom is -0.322 e. The molecular weight excluding hydrogens is 542 g/mol. The molecule has 6 rings (SSSR count). The highest BCUT2D eigenvalue weighted by Gasteiger charge is 2.12. The molecule has 0 aliphatic rings. The van der Waals surface area contributed by atoms with E-state index in [1.54, 1.807) is 12.7 Å². The summed E-state index contributed by atoms with van der Waals surface area (Å²) in [5.74, 6) is 0. The van der Waals surface area contributed by atoms with Crippen LogP contribution in [0, 0.1) is 0 Å². The maximum Gasteiger partial charge on any atom is 0.225 e. The molecule has 0 radical (unpaired) electrons. The van der Waals surface area contributed by atoms with Gasteiger partial charge < -0.3 is 9.13 Å². The van der Waals surface area contributed by atoms with Gasteiger partial charge in [-0.05, 0) is 34.3 Å². The van der Waals surface area contributed by atoms with Crippen LogP contribution in [0.2, 0.25) is 20.9 Å². The van der Waals surface area contributed by atoms with Gasteiger partial charge in [0.1, 0.15) is 11.0 Å². The van der Waals surface area contributed by atoms with Gasteiger partial charge in [0, 0.05) is 6.54 Å². The summed E-state index contributed by atoms with van der Waals surface area (Å²) in [5, 5.41) is 0.829. The number of nitrogens with zero attached hydrogens (tertiary/aromatic N) is 8. The minimum absolute atomic E-state index is 0.109. The van der Waals surface area contributed by atoms with Gasteiger partial charge in [-0.1, -0.05) is 83.9 Å². The second kappa shape index (κ2) is 10.8. The fourth-order valence-corrected chi connectivity index (χ4v) is 4.49. The third kappa shape index (κ3) is 5.42. The number of fused-ring (bicyclic) bond motifs is 2. The van der Waals surface area contributed by atoms with Gasteiger partial charge in [0.2, 0.25) is 10.6 Å². The van der Waals surface area contributed by atoms with Gasteiger partial charge in [-0.25, -0.2) is 19.9 Å². The Morgan fingerprint density at radius 1 is 0.583 bits per heavy atom. The molecule has 12 heteroatoms. The van der Waals surface area contributed by atoms with Gasteiger partial charge in [-0.2, -0.15) is 9.97 Å². The molecule has 0 fully saturated rings. The zero-order chi connectivity index (χ0) is 25.1. The molecule has 0 saturated heterocycles. The first-order valence-corrected chi connectivity index (χ1v) is 12.1. The largest absolute Gasteiger partial charge is 0.322 e. The fourth-order valence-electron chi connectivity index (χ4n) is 3.59. The van der Waals surface area contributed by atoms with Crippen molar-refractivity contribution < 1.29 is 0 Å². The molecule has 36 heavy (non-hydrogen) atoms. The normalized spacial score (nSPS) is 11.0. The lowest BCUT2D eigenvalue weighted by Gasteiger charge is -2.04. The molecular formula is C24H16Cl4N8. The number of halogens is 4. The van der Waals surface area contributed by atoms with E-state index in [-0.39, 0.29) is 15.7 Å². The summed E-state index contributed by atoms with van der Waals surface area (Å²) >= 11 is 23.6. The molecule has 0 bridgehead atoms. The van der Waals surface area contributed by atoms with Crippen molar-refractivity contribution in [3.05, 3.63) is 105 Å². The van der Waals surface area contributed by atoms with Gasteiger partial charge in [0.15, 0.2) is 21.6 Å². The van der Waals surface area contributed by atoms with E-state index in [1.165, 1.54) is 0 Å². The Balaban J connectivity index is 0.000000148. The Morgan fingerprint density at radius 3 is 1.81 bits per heavy atom. The van der Waals surface area contributed by atoms with E-state index < -0.39 is 0 Å². The third-order valence-corrected chi connectivity index (χ3v) is 6.05. The van der Waals surface area contributed by atoms with E-state index in [4.69, 9.17) is 46.4 Å². The summed E-state index contributed by atoms with van der Waals surface area (Å²) in [6.07, 6.45) is 3.38. The van der Waals surface area contributed by atoms with Crippen molar-refractivity contribution in [2.75, 3.05) is 0 Å². The highest BCUT2D eigenvalue weighted by Crippen LogP contribution is 2.23. The quantitative estimate of drug-likeness (QED) is 0.185. The summed E-state index contributed by atoms with van der Waals surface area (Å²) in [7, 11) is 0. The number of hydrogen-bond acceptors (Lipinski definition) is 6. The van der Waals surface area contributed by atoms with Crippen molar-refractivity contribution in [1.29, 1.82) is 0 Å². The van der Waals surface area contributed by atoms with E-state index in [2.05, 4.69) is 29.9 Å². The van der Waals surface area contributed by atoms with Gasteiger partial charge in [0.25, 0.3) is 0 Å². The van der Waals surface area contributed by atoms with Crippen LogP contribution in [0.1, 0.15) is 11.1 Å². The van der Waals surface area contributed by atoms with Crippen LogP contribution >= 0.6 is 46.4 Å². The van der Waals surface area contributed by atoms with Crippen LogP contribution in [-0.4, -0.2) is 39.0 Å². The second-order valence-electron chi connectivity index (χ2n) is 7.63. The van der Waals surface area contributed by atoms with Crippen molar-refractivity contribution >= 4 is 68.7 Å². The molecule has 0 amide bonds. The minimum atomic E-state index is 0.109. The number of rotatable bonds is 4. The lowest BCUT2D eigenvalue weighted by Crippen LogP contribution is -1.99. The molecule has 180 valence electrons. The predicted molar refractivity (Wildman–Crippen MR) is 142 cm³/mol. The van der Waals surface area contributed by atoms with E-state index in [9.17, 15) is 0 Å². The van der Waals surface area contributed by atoms with Crippen molar-refractivity contribution in [2.45, 2.75) is 13.1 Å². The number of benzene rings is 2. The van der Waals surface area contributed by atoms with Gasteiger partial charge in [-0.15, -0.1) is 0 Å². The van der Waals surface area contributed by atoms with Crippen LogP contribution < -0.4 is 0 Å². The number of imidazole rings is 2. The average Bonchev–Trinajstić information content (AvgIpc) is 3.45. The van der Waals surface area contributed by atoms with Crippen LogP contribution in [0.3, 0.4) is 0 Å². The molecule has 4 heterocycles. The summed E-state index contributed by atoms with van der Waals surface area (Å²) in [6.45, 7) is 1.34. The topological polar surface area (TPSA) is 87.2 Å². The first kappa shape index (κ1) is 24.4. The smallest absolute Gasteiger partial charge is 0.225 e.